The van der Waals surface area contributed by atoms with E-state index in [1.54, 1.807) is 18.0 Å². The molecule has 0 aliphatic carbocycles. The second-order valence-corrected chi connectivity index (χ2v) is 6.50. The van der Waals surface area contributed by atoms with Crippen LogP contribution in [0.15, 0.2) is 65.8 Å². The molecule has 0 radical (unpaired) electrons. The van der Waals surface area contributed by atoms with Crippen molar-refractivity contribution in [3.05, 3.63) is 72.4 Å². The molecule has 0 bridgehead atoms. The second kappa shape index (κ2) is 6.94. The summed E-state index contributed by atoms with van der Waals surface area (Å²) in [4.78, 5) is 16.5. The van der Waals surface area contributed by atoms with Crippen LogP contribution < -0.4 is 4.74 Å². The number of ether oxygens (including phenoxy) is 1. The fraction of sp³-hybridized carbons (Fsp3) is 0.105. The molecule has 0 atom stereocenters. The predicted octanol–water partition coefficient (Wildman–Crippen LogP) is 4.75. The number of fused-ring (bicyclic) bond motifs is 1. The number of para-hydroxylation sites is 1. The number of nitrogens with one attached hydrogen (secondary N) is 1. The maximum Gasteiger partial charge on any atom is 0.129 e. The van der Waals surface area contributed by atoms with Crippen LogP contribution in [0.25, 0.3) is 11.0 Å². The summed E-state index contributed by atoms with van der Waals surface area (Å²) >= 11 is 1.63. The molecule has 5 nitrogen and oxygen atoms in total. The highest BCUT2D eigenvalue weighted by Gasteiger charge is 2.06. The Labute approximate surface area is 149 Å². The lowest BCUT2D eigenvalue weighted by Gasteiger charge is -2.04. The molecule has 4 aromatic rings. The molecule has 4 rings (SSSR count). The van der Waals surface area contributed by atoms with Gasteiger partial charge in [0.1, 0.15) is 28.2 Å². The lowest BCUT2D eigenvalue weighted by molar-refractivity contribution is 0.483. The van der Waals surface area contributed by atoms with E-state index in [1.165, 1.54) is 0 Å². The van der Waals surface area contributed by atoms with Gasteiger partial charge >= 0.3 is 0 Å². The molecule has 0 spiro atoms. The minimum atomic E-state index is 0.722. The van der Waals surface area contributed by atoms with Gasteiger partial charge in [-0.1, -0.05) is 30.0 Å². The van der Waals surface area contributed by atoms with Crippen LogP contribution in [0, 0.1) is 6.92 Å². The molecule has 6 heteroatoms. The standard InChI is InChI=1S/C19H16N4OS/c1-13-20-10-9-19(21-13)25-12-18-22-16-8-7-15(11-17(16)23-18)24-14-5-3-2-4-6-14/h2-11H,12H2,1H3,(H,22,23). The molecular weight excluding hydrogens is 332 g/mol. The molecule has 25 heavy (non-hydrogen) atoms. The first-order valence-electron chi connectivity index (χ1n) is 7.90. The van der Waals surface area contributed by atoms with Crippen molar-refractivity contribution in [2.45, 2.75) is 17.7 Å². The van der Waals surface area contributed by atoms with E-state index in [2.05, 4.69) is 19.9 Å². The van der Waals surface area contributed by atoms with Crippen LogP contribution in [0.2, 0.25) is 0 Å². The van der Waals surface area contributed by atoms with Crippen molar-refractivity contribution < 1.29 is 4.74 Å². The van der Waals surface area contributed by atoms with Crippen LogP contribution in [0.5, 0.6) is 11.5 Å². The number of aryl methyl sites for hydroxylation is 1. The van der Waals surface area contributed by atoms with E-state index in [0.29, 0.717) is 0 Å². The number of hydrogen-bond acceptors (Lipinski definition) is 5. The number of benzene rings is 2. The molecular formula is C19H16N4OS. The van der Waals surface area contributed by atoms with E-state index in [0.717, 1.165) is 45.0 Å². The fourth-order valence-corrected chi connectivity index (χ4v) is 3.23. The first kappa shape index (κ1) is 15.7. The monoisotopic (exact) mass is 348 g/mol. The molecule has 0 unspecified atom stereocenters. The molecule has 0 saturated carbocycles. The Bertz CT molecular complexity index is 1000. The van der Waals surface area contributed by atoms with Gasteiger partial charge in [0.05, 0.1) is 16.8 Å². The highest BCUT2D eigenvalue weighted by molar-refractivity contribution is 7.98. The number of hydrogen-bond donors (Lipinski definition) is 1. The summed E-state index contributed by atoms with van der Waals surface area (Å²) in [5.41, 5.74) is 1.89. The molecule has 0 amide bonds. The van der Waals surface area contributed by atoms with Gasteiger partial charge in [-0.05, 0) is 37.3 Å². The third-order valence-electron chi connectivity index (χ3n) is 3.59. The Morgan fingerprint density at radius 1 is 1.00 bits per heavy atom. The largest absolute Gasteiger partial charge is 0.457 e. The van der Waals surface area contributed by atoms with Gasteiger partial charge in [0, 0.05) is 12.3 Å². The van der Waals surface area contributed by atoms with Crippen LogP contribution in [0.1, 0.15) is 11.6 Å². The Hall–Kier alpha value is -2.86. The minimum Gasteiger partial charge on any atom is -0.457 e. The summed E-state index contributed by atoms with van der Waals surface area (Å²) in [6.45, 7) is 1.89. The van der Waals surface area contributed by atoms with Gasteiger partial charge in [0.2, 0.25) is 0 Å². The molecule has 2 aromatic heterocycles. The first-order chi connectivity index (χ1) is 12.3. The van der Waals surface area contributed by atoms with Crippen molar-refractivity contribution in [3.8, 4) is 11.5 Å². The average molecular weight is 348 g/mol. The van der Waals surface area contributed by atoms with E-state index in [1.807, 2.05) is 61.5 Å². The maximum absolute atomic E-state index is 5.87. The van der Waals surface area contributed by atoms with Gasteiger partial charge in [-0.2, -0.15) is 0 Å². The number of imidazole rings is 1. The van der Waals surface area contributed by atoms with E-state index in [9.17, 15) is 0 Å². The zero-order chi connectivity index (χ0) is 17.1. The van der Waals surface area contributed by atoms with Crippen LogP contribution >= 0.6 is 11.8 Å². The number of nitrogens with zero attached hydrogens (tertiary/aromatic N) is 3. The predicted molar refractivity (Wildman–Crippen MR) is 98.9 cm³/mol. The molecule has 1 N–H and O–H groups in total. The normalized spacial score (nSPS) is 10.9. The zero-order valence-electron chi connectivity index (χ0n) is 13.6. The first-order valence-corrected chi connectivity index (χ1v) is 8.89. The van der Waals surface area contributed by atoms with Crippen molar-refractivity contribution in [2.24, 2.45) is 0 Å². The van der Waals surface area contributed by atoms with Crippen LogP contribution in [0.4, 0.5) is 0 Å². The van der Waals surface area contributed by atoms with Crippen LogP contribution in [0.3, 0.4) is 0 Å². The molecule has 0 aliphatic rings. The molecule has 124 valence electrons. The number of H-pyrrole nitrogens is 1. The minimum absolute atomic E-state index is 0.722. The SMILES string of the molecule is Cc1nccc(SCc2nc3ccc(Oc4ccccc4)cc3[nH]2)n1. The fourth-order valence-electron chi connectivity index (χ4n) is 2.46. The Morgan fingerprint density at radius 3 is 2.72 bits per heavy atom. The number of aromatic amines is 1. The van der Waals surface area contributed by atoms with E-state index < -0.39 is 0 Å². The summed E-state index contributed by atoms with van der Waals surface area (Å²) < 4.78 is 5.87. The third-order valence-corrected chi connectivity index (χ3v) is 4.53. The second-order valence-electron chi connectivity index (χ2n) is 5.51. The quantitative estimate of drug-likeness (QED) is 0.417. The Kier molecular flexibility index (Phi) is 4.35. The zero-order valence-corrected chi connectivity index (χ0v) is 14.5. The Balaban J connectivity index is 1.50. The van der Waals surface area contributed by atoms with Crippen molar-refractivity contribution >= 4 is 22.8 Å². The molecule has 2 aromatic carbocycles. The van der Waals surface area contributed by atoms with Gasteiger partial charge < -0.3 is 9.72 Å². The summed E-state index contributed by atoms with van der Waals surface area (Å²) in [5.74, 6) is 4.01. The van der Waals surface area contributed by atoms with E-state index in [-0.39, 0.29) is 0 Å². The summed E-state index contributed by atoms with van der Waals surface area (Å²) in [5, 5.41) is 0.945. The van der Waals surface area contributed by atoms with Crippen molar-refractivity contribution in [2.75, 3.05) is 0 Å². The van der Waals surface area contributed by atoms with Crippen LogP contribution in [-0.2, 0) is 5.75 Å². The Morgan fingerprint density at radius 2 is 1.88 bits per heavy atom. The van der Waals surface area contributed by atoms with Gasteiger partial charge in [0.25, 0.3) is 0 Å². The van der Waals surface area contributed by atoms with Crippen molar-refractivity contribution in [1.29, 1.82) is 0 Å². The summed E-state index contributed by atoms with van der Waals surface area (Å²) in [7, 11) is 0. The molecule has 0 fully saturated rings. The lowest BCUT2D eigenvalue weighted by Crippen LogP contribution is -1.89. The van der Waals surface area contributed by atoms with Crippen molar-refractivity contribution in [3.63, 3.8) is 0 Å². The summed E-state index contributed by atoms with van der Waals surface area (Å²) in [6.07, 6.45) is 1.77. The highest BCUT2D eigenvalue weighted by Crippen LogP contribution is 2.26. The third kappa shape index (κ3) is 3.80. The highest BCUT2D eigenvalue weighted by atomic mass is 32.2. The summed E-state index contributed by atoms with van der Waals surface area (Å²) in [6, 6.07) is 17.5. The van der Waals surface area contributed by atoms with Gasteiger partial charge in [-0.15, -0.1) is 0 Å². The lowest BCUT2D eigenvalue weighted by atomic mass is 10.3. The molecule has 2 heterocycles. The topological polar surface area (TPSA) is 63.7 Å². The number of aromatic nitrogens is 4. The van der Waals surface area contributed by atoms with E-state index in [4.69, 9.17) is 4.74 Å². The molecule has 0 saturated heterocycles. The number of thioether (sulfide) groups is 1. The van der Waals surface area contributed by atoms with E-state index >= 15 is 0 Å². The smallest absolute Gasteiger partial charge is 0.129 e. The number of rotatable bonds is 5. The van der Waals surface area contributed by atoms with Crippen molar-refractivity contribution in [1.82, 2.24) is 19.9 Å². The maximum atomic E-state index is 5.87. The van der Waals surface area contributed by atoms with Gasteiger partial charge in [0.15, 0.2) is 0 Å². The van der Waals surface area contributed by atoms with Gasteiger partial charge in [-0.3, -0.25) is 0 Å². The average Bonchev–Trinajstić information content (AvgIpc) is 3.03. The van der Waals surface area contributed by atoms with Crippen LogP contribution in [-0.4, -0.2) is 19.9 Å². The van der Waals surface area contributed by atoms with Gasteiger partial charge in [-0.25, -0.2) is 15.0 Å². The molecule has 0 aliphatic heterocycles.